The fourth-order valence-corrected chi connectivity index (χ4v) is 2.82. The summed E-state index contributed by atoms with van der Waals surface area (Å²) in [7, 11) is 5.08. The van der Waals surface area contributed by atoms with Crippen LogP contribution < -0.4 is 20.1 Å². The molecule has 0 aliphatic carbocycles. The standard InChI is InChI=1S/C23H34N4O4.HI/c1-18-8-9-19(21(15-18)30-12-6-11-28-3)16-26-23(24-2)27-17-20-7-5-10-25-22(20)31-14-13-29-4;/h5,7-10,15H,6,11-14,16-17H2,1-4H3,(H2,24,26,27);1H. The Kier molecular flexibility index (Phi) is 14.4. The van der Waals surface area contributed by atoms with E-state index in [-0.39, 0.29) is 24.0 Å². The van der Waals surface area contributed by atoms with Gasteiger partial charge in [-0.15, -0.1) is 24.0 Å². The van der Waals surface area contributed by atoms with E-state index in [4.69, 9.17) is 18.9 Å². The molecule has 0 spiro atoms. The highest BCUT2D eigenvalue weighted by Gasteiger charge is 2.08. The molecule has 0 fully saturated rings. The van der Waals surface area contributed by atoms with Crippen LogP contribution in [0.2, 0.25) is 0 Å². The van der Waals surface area contributed by atoms with Crippen LogP contribution in [0, 0.1) is 6.92 Å². The second-order valence-electron chi connectivity index (χ2n) is 6.89. The summed E-state index contributed by atoms with van der Waals surface area (Å²) in [5, 5.41) is 6.65. The van der Waals surface area contributed by atoms with Crippen LogP contribution in [0.4, 0.5) is 0 Å². The van der Waals surface area contributed by atoms with E-state index in [2.05, 4.69) is 45.7 Å². The average molecular weight is 558 g/mol. The van der Waals surface area contributed by atoms with Gasteiger partial charge in [-0.2, -0.15) is 0 Å². The lowest BCUT2D eigenvalue weighted by Gasteiger charge is -2.16. The summed E-state index contributed by atoms with van der Waals surface area (Å²) >= 11 is 0. The van der Waals surface area contributed by atoms with Gasteiger partial charge in [0.25, 0.3) is 0 Å². The molecular formula is C23H35IN4O4. The van der Waals surface area contributed by atoms with E-state index in [1.165, 1.54) is 0 Å². The van der Waals surface area contributed by atoms with Crippen LogP contribution in [0.5, 0.6) is 11.6 Å². The third kappa shape index (κ3) is 10.0. The molecule has 0 saturated heterocycles. The van der Waals surface area contributed by atoms with Crippen molar-refractivity contribution in [3.05, 3.63) is 53.2 Å². The quantitative estimate of drug-likeness (QED) is 0.169. The molecule has 1 aromatic heterocycles. The van der Waals surface area contributed by atoms with Gasteiger partial charge >= 0.3 is 0 Å². The van der Waals surface area contributed by atoms with Crippen molar-refractivity contribution in [1.29, 1.82) is 0 Å². The maximum Gasteiger partial charge on any atom is 0.218 e. The van der Waals surface area contributed by atoms with E-state index in [1.807, 2.05) is 12.1 Å². The predicted octanol–water partition coefficient (Wildman–Crippen LogP) is 3.31. The lowest BCUT2D eigenvalue weighted by molar-refractivity contribution is 0.143. The van der Waals surface area contributed by atoms with E-state index in [0.717, 1.165) is 28.9 Å². The largest absolute Gasteiger partial charge is 0.493 e. The van der Waals surface area contributed by atoms with Crippen molar-refractivity contribution in [3.63, 3.8) is 0 Å². The van der Waals surface area contributed by atoms with E-state index < -0.39 is 0 Å². The number of aromatic nitrogens is 1. The summed E-state index contributed by atoms with van der Waals surface area (Å²) in [4.78, 5) is 8.62. The third-order valence-electron chi connectivity index (χ3n) is 4.47. The molecule has 0 atom stereocenters. The number of pyridine rings is 1. The molecule has 2 N–H and O–H groups in total. The Morgan fingerprint density at radius 3 is 2.41 bits per heavy atom. The van der Waals surface area contributed by atoms with E-state index in [9.17, 15) is 0 Å². The zero-order chi connectivity index (χ0) is 22.3. The molecule has 0 aliphatic rings. The van der Waals surface area contributed by atoms with E-state index in [1.54, 1.807) is 27.5 Å². The smallest absolute Gasteiger partial charge is 0.218 e. The number of aryl methyl sites for hydroxylation is 1. The van der Waals surface area contributed by atoms with Gasteiger partial charge in [-0.1, -0.05) is 18.2 Å². The number of hydrogen-bond acceptors (Lipinski definition) is 6. The molecule has 0 unspecified atom stereocenters. The normalized spacial score (nSPS) is 10.9. The molecule has 2 rings (SSSR count). The first-order chi connectivity index (χ1) is 15.2. The second-order valence-corrected chi connectivity index (χ2v) is 6.89. The van der Waals surface area contributed by atoms with Crippen molar-refractivity contribution in [2.24, 2.45) is 4.99 Å². The fourth-order valence-electron chi connectivity index (χ4n) is 2.82. The van der Waals surface area contributed by atoms with Crippen molar-refractivity contribution >= 4 is 29.9 Å². The highest BCUT2D eigenvalue weighted by molar-refractivity contribution is 14.0. The molecule has 8 nitrogen and oxygen atoms in total. The number of halogens is 1. The van der Waals surface area contributed by atoms with Gasteiger partial charge in [-0.05, 0) is 24.6 Å². The Morgan fingerprint density at radius 2 is 1.69 bits per heavy atom. The number of methoxy groups -OCH3 is 2. The lowest BCUT2D eigenvalue weighted by Crippen LogP contribution is -2.36. The number of guanidine groups is 1. The molecule has 0 bridgehead atoms. The molecule has 9 heteroatoms. The molecule has 32 heavy (non-hydrogen) atoms. The van der Waals surface area contributed by atoms with Gasteiger partial charge in [-0.3, -0.25) is 4.99 Å². The maximum atomic E-state index is 5.96. The minimum Gasteiger partial charge on any atom is -0.493 e. The molecule has 0 radical (unpaired) electrons. The minimum absolute atomic E-state index is 0. The first-order valence-corrected chi connectivity index (χ1v) is 10.4. The summed E-state index contributed by atoms with van der Waals surface area (Å²) in [6.07, 6.45) is 2.56. The number of hydrogen-bond donors (Lipinski definition) is 2. The molecule has 0 amide bonds. The van der Waals surface area contributed by atoms with Crippen LogP contribution in [0.25, 0.3) is 0 Å². The van der Waals surface area contributed by atoms with E-state index >= 15 is 0 Å². The number of ether oxygens (including phenoxy) is 4. The second kappa shape index (κ2) is 16.5. The Labute approximate surface area is 208 Å². The molecule has 0 aliphatic heterocycles. The molecular weight excluding hydrogens is 523 g/mol. The number of benzene rings is 1. The van der Waals surface area contributed by atoms with Gasteiger partial charge in [0, 0.05) is 64.7 Å². The Bertz CT molecular complexity index is 820. The van der Waals surface area contributed by atoms with Gasteiger partial charge in [-0.25, -0.2) is 4.98 Å². The zero-order valence-corrected chi connectivity index (χ0v) is 21.7. The summed E-state index contributed by atoms with van der Waals surface area (Å²) < 4.78 is 21.8. The van der Waals surface area contributed by atoms with Crippen LogP contribution in [-0.2, 0) is 22.6 Å². The Balaban J connectivity index is 0.00000512. The summed E-state index contributed by atoms with van der Waals surface area (Å²) in [6, 6.07) is 10.1. The van der Waals surface area contributed by atoms with Gasteiger partial charge < -0.3 is 29.6 Å². The lowest BCUT2D eigenvalue weighted by atomic mass is 10.1. The highest BCUT2D eigenvalue weighted by Crippen LogP contribution is 2.20. The van der Waals surface area contributed by atoms with Crippen LogP contribution in [-0.4, -0.2) is 58.6 Å². The Hall–Kier alpha value is -2.11. The molecule has 1 aromatic carbocycles. The number of aliphatic imine (C=N–C) groups is 1. The van der Waals surface area contributed by atoms with E-state index in [0.29, 0.717) is 51.4 Å². The van der Waals surface area contributed by atoms with Crippen molar-refractivity contribution in [1.82, 2.24) is 15.6 Å². The van der Waals surface area contributed by atoms with Crippen LogP contribution in [0.1, 0.15) is 23.1 Å². The van der Waals surface area contributed by atoms with Gasteiger partial charge in [0.2, 0.25) is 5.88 Å². The summed E-state index contributed by atoms with van der Waals surface area (Å²) in [5.74, 6) is 2.14. The average Bonchev–Trinajstić information content (AvgIpc) is 2.79. The fraction of sp³-hybridized carbons (Fsp3) is 0.478. The van der Waals surface area contributed by atoms with Crippen LogP contribution >= 0.6 is 24.0 Å². The van der Waals surface area contributed by atoms with Gasteiger partial charge in [0.15, 0.2) is 5.96 Å². The maximum absolute atomic E-state index is 5.96. The van der Waals surface area contributed by atoms with Crippen LogP contribution in [0.15, 0.2) is 41.5 Å². The molecule has 0 saturated carbocycles. The van der Waals surface area contributed by atoms with Crippen molar-refractivity contribution in [2.75, 3.05) is 47.7 Å². The zero-order valence-electron chi connectivity index (χ0n) is 19.3. The molecule has 1 heterocycles. The highest BCUT2D eigenvalue weighted by atomic mass is 127. The molecule has 2 aromatic rings. The first kappa shape index (κ1) is 27.9. The Morgan fingerprint density at radius 1 is 0.938 bits per heavy atom. The SMILES string of the molecule is CN=C(NCc1ccc(C)cc1OCCCOC)NCc1cccnc1OCCOC.I. The van der Waals surface area contributed by atoms with Crippen molar-refractivity contribution in [3.8, 4) is 11.6 Å². The van der Waals surface area contributed by atoms with Gasteiger partial charge in [0.05, 0.1) is 13.2 Å². The summed E-state index contributed by atoms with van der Waals surface area (Å²) in [5.41, 5.74) is 3.17. The van der Waals surface area contributed by atoms with Crippen molar-refractivity contribution in [2.45, 2.75) is 26.4 Å². The third-order valence-corrected chi connectivity index (χ3v) is 4.47. The summed E-state index contributed by atoms with van der Waals surface area (Å²) in [6.45, 7) is 5.44. The number of nitrogens with zero attached hydrogens (tertiary/aromatic N) is 2. The van der Waals surface area contributed by atoms with Crippen LogP contribution in [0.3, 0.4) is 0 Å². The number of nitrogens with one attached hydrogen (secondary N) is 2. The van der Waals surface area contributed by atoms with Crippen molar-refractivity contribution < 1.29 is 18.9 Å². The predicted molar refractivity (Wildman–Crippen MR) is 137 cm³/mol. The monoisotopic (exact) mass is 558 g/mol. The minimum atomic E-state index is 0. The van der Waals surface area contributed by atoms with Gasteiger partial charge in [0.1, 0.15) is 12.4 Å². The first-order valence-electron chi connectivity index (χ1n) is 10.4. The number of rotatable bonds is 13. The molecule has 178 valence electrons. The topological polar surface area (TPSA) is 86.2 Å².